The molecule has 0 aromatic heterocycles. The van der Waals surface area contributed by atoms with Gasteiger partial charge in [-0.15, -0.1) is 11.8 Å². The fraction of sp³-hybridized carbons (Fsp3) is 0.760. The third-order valence-corrected chi connectivity index (χ3v) is 20.0. The number of methoxy groups -OCH3 is 2. The van der Waals surface area contributed by atoms with Crippen molar-refractivity contribution in [1.29, 1.82) is 0 Å². The van der Waals surface area contributed by atoms with E-state index in [1.807, 2.05) is 13.0 Å². The number of hydrogen-bond acceptors (Lipinski definition) is 27. The second-order valence-electron chi connectivity index (χ2n) is 26.6. The molecule has 0 radical (unpaired) electrons. The van der Waals surface area contributed by atoms with E-state index in [9.17, 15) is 43.5 Å². The minimum Gasteiger partial charge on any atom is -0.495 e. The molecular formula is C75H120ClN5O26S. The first-order valence-electron chi connectivity index (χ1n) is 37.6. The molecule has 33 heteroatoms. The van der Waals surface area contributed by atoms with E-state index < -0.39 is 95.1 Å². The number of thioether (sulfide) groups is 1. The second-order valence-corrected chi connectivity index (χ2v) is 28.3. The van der Waals surface area contributed by atoms with Crippen molar-refractivity contribution in [2.24, 2.45) is 5.92 Å². The number of carbonyl (C=O) groups excluding carboxylic acids is 8. The van der Waals surface area contributed by atoms with E-state index in [1.54, 1.807) is 45.2 Å². The number of nitrogens with zero attached hydrogens (tertiary/aromatic N) is 3. The Morgan fingerprint density at radius 1 is 0.722 bits per heavy atom. The standard InChI is InChI=1S/C75H120ClN5O26S/c1-10-11-12-21-77-65(83)19-24-94-26-28-96-30-32-98-34-36-100-38-40-102-42-44-104-46-45-103-43-41-101-39-37-99-35-33-97-31-29-95-27-25-93-23-14-16-58(82)18-22-81-68(86)51-62(71(81)87)108-47-20-66(84)79(6)56(4)72(88)106-64-52-67(85)80(7)59-49-57(50-60(91-8)69(59)76)48-54(2)15-13-17-63(92-9)75(90)53-61(105-73(89)78-75)55(3)70-74(64,5)107-70/h13,15,17,49-50,55-56,61-64,70,90H,10-12,14,16,18-48,51-53H2,1-9H3,(H,77,83)(H,78,89)/b17-13+,54-15+/t55-,56-,61+,62?,63-,64+,70+,74+,75+/m1/s1. The summed E-state index contributed by atoms with van der Waals surface area (Å²) in [4.78, 5) is 110. The van der Waals surface area contributed by atoms with E-state index in [-0.39, 0.29) is 61.1 Å². The highest BCUT2D eigenvalue weighted by molar-refractivity contribution is 8.00. The fourth-order valence-electron chi connectivity index (χ4n) is 11.8. The molecule has 9 atom stereocenters. The minimum absolute atomic E-state index is 0.00244. The number of amides is 6. The molecule has 4 bridgehead atoms. The predicted molar refractivity (Wildman–Crippen MR) is 399 cm³/mol. The number of Topliss-reactive ketones (excluding diaryl/α,β-unsaturated/α-hetero) is 1. The van der Waals surface area contributed by atoms with Crippen LogP contribution in [0.3, 0.4) is 0 Å². The number of imide groups is 1. The van der Waals surface area contributed by atoms with Gasteiger partial charge in [0.25, 0.3) is 0 Å². The molecule has 614 valence electrons. The van der Waals surface area contributed by atoms with E-state index in [4.69, 9.17) is 92.1 Å². The van der Waals surface area contributed by atoms with Crippen LogP contribution in [0.25, 0.3) is 0 Å². The molecule has 5 rings (SSSR count). The molecule has 6 amide bonds. The van der Waals surface area contributed by atoms with Crippen molar-refractivity contribution < 1.29 is 124 Å². The summed E-state index contributed by atoms with van der Waals surface area (Å²) in [5.74, 6) is -2.90. The van der Waals surface area contributed by atoms with Crippen molar-refractivity contribution in [3.05, 3.63) is 46.5 Å². The van der Waals surface area contributed by atoms with Crippen LogP contribution in [0.1, 0.15) is 111 Å². The van der Waals surface area contributed by atoms with Crippen LogP contribution in [0.2, 0.25) is 5.02 Å². The van der Waals surface area contributed by atoms with Gasteiger partial charge < -0.3 is 101 Å². The summed E-state index contributed by atoms with van der Waals surface area (Å²) in [6.45, 7) is 19.8. The maximum absolute atomic E-state index is 14.4. The zero-order chi connectivity index (χ0) is 78.5. The van der Waals surface area contributed by atoms with Crippen LogP contribution in [0.4, 0.5) is 10.5 Å². The van der Waals surface area contributed by atoms with Gasteiger partial charge in [-0.05, 0) is 57.7 Å². The van der Waals surface area contributed by atoms with Crippen molar-refractivity contribution in [2.75, 3.05) is 211 Å². The number of halogens is 1. The summed E-state index contributed by atoms with van der Waals surface area (Å²) in [5, 5.41) is 16.7. The normalized spacial score (nSPS) is 22.8. The molecule has 3 saturated heterocycles. The van der Waals surface area contributed by atoms with E-state index in [0.29, 0.717) is 189 Å². The SMILES string of the molecule is CCCCCNC(=O)CCOCCOCCOCCOCCOCCOCCOCCOCCOCCOCCOCCOCCCC(=O)CCN1C(=O)CC(SCCC(=O)N(C)[C@H](C)C(=O)O[C@H]2CC(=O)N(C)c3cc(cc(OC)c3Cl)C/C(C)=C/C=C/[C@@H](OC)[C@@]3(O)C[C@H](OC(=O)N3)[C@@H](C)[C@@H]3O[C@@]23C)C1=O. The number of esters is 1. The first-order valence-corrected chi connectivity index (χ1v) is 39.0. The summed E-state index contributed by atoms with van der Waals surface area (Å²) in [5.41, 5.74) is -1.25. The molecule has 0 aliphatic carbocycles. The molecule has 3 fully saturated rings. The predicted octanol–water partition coefficient (Wildman–Crippen LogP) is 5.40. The van der Waals surface area contributed by atoms with Gasteiger partial charge in [-0.1, -0.05) is 62.1 Å². The van der Waals surface area contributed by atoms with Gasteiger partial charge in [-0.3, -0.25) is 39.0 Å². The Balaban J connectivity index is 0.839. The molecule has 4 aliphatic rings. The third kappa shape index (κ3) is 34.2. The Morgan fingerprint density at radius 2 is 1.25 bits per heavy atom. The number of carbonyl (C=O) groups is 8. The average Bonchev–Trinajstić information content (AvgIpc) is 1.57. The molecule has 1 aromatic carbocycles. The van der Waals surface area contributed by atoms with Gasteiger partial charge in [0.05, 0.1) is 183 Å². The maximum Gasteiger partial charge on any atom is 0.409 e. The Bertz CT molecular complexity index is 2940. The number of aliphatic hydroxyl groups is 1. The largest absolute Gasteiger partial charge is 0.495 e. The quantitative estimate of drug-likeness (QED) is 0.0318. The smallest absolute Gasteiger partial charge is 0.409 e. The topological polar surface area (TPSA) is 351 Å². The number of anilines is 1. The Hall–Kier alpha value is -5.50. The number of fused-ring (bicyclic) bond motifs is 5. The highest BCUT2D eigenvalue weighted by atomic mass is 35.5. The van der Waals surface area contributed by atoms with Crippen molar-refractivity contribution in [2.45, 2.75) is 159 Å². The summed E-state index contributed by atoms with van der Waals surface area (Å²) in [6, 6.07) is 2.36. The van der Waals surface area contributed by atoms with Gasteiger partial charge in [0, 0.05) is 91.1 Å². The van der Waals surface area contributed by atoms with Gasteiger partial charge in [0.15, 0.2) is 5.72 Å². The molecular weight excluding hydrogens is 1450 g/mol. The summed E-state index contributed by atoms with van der Waals surface area (Å²) in [7, 11) is 5.84. The highest BCUT2D eigenvalue weighted by Crippen LogP contribution is 2.49. The van der Waals surface area contributed by atoms with Crippen molar-refractivity contribution in [3.63, 3.8) is 0 Å². The number of rotatable bonds is 56. The lowest BCUT2D eigenvalue weighted by Gasteiger charge is -2.42. The first-order chi connectivity index (χ1) is 52.1. The molecule has 4 heterocycles. The lowest BCUT2D eigenvalue weighted by Crippen LogP contribution is -2.63. The summed E-state index contributed by atoms with van der Waals surface area (Å²) >= 11 is 7.98. The molecule has 1 aromatic rings. The number of alkyl carbamates (subject to hydrolysis) is 1. The van der Waals surface area contributed by atoms with E-state index in [2.05, 4.69) is 17.6 Å². The number of allylic oxidation sites excluding steroid dienone is 3. The number of nitrogens with one attached hydrogen (secondary N) is 2. The zero-order valence-corrected chi connectivity index (χ0v) is 66.4. The lowest BCUT2D eigenvalue weighted by molar-refractivity contribution is -0.162. The maximum atomic E-state index is 14.4. The molecule has 108 heavy (non-hydrogen) atoms. The van der Waals surface area contributed by atoms with Crippen molar-refractivity contribution >= 4 is 76.4 Å². The van der Waals surface area contributed by atoms with Crippen molar-refractivity contribution in [1.82, 2.24) is 20.4 Å². The van der Waals surface area contributed by atoms with Gasteiger partial charge >= 0.3 is 12.1 Å². The van der Waals surface area contributed by atoms with Crippen LogP contribution < -0.4 is 20.3 Å². The van der Waals surface area contributed by atoms with Crippen LogP contribution >= 0.6 is 23.4 Å². The third-order valence-electron chi connectivity index (χ3n) is 18.4. The molecule has 4 aliphatic heterocycles. The van der Waals surface area contributed by atoms with Crippen LogP contribution in [-0.4, -0.2) is 315 Å². The van der Waals surface area contributed by atoms with Crippen LogP contribution in [0.15, 0.2) is 35.9 Å². The van der Waals surface area contributed by atoms with E-state index >= 15 is 0 Å². The van der Waals surface area contributed by atoms with Crippen LogP contribution in [0.5, 0.6) is 5.75 Å². The summed E-state index contributed by atoms with van der Waals surface area (Å²) < 4.78 is 95.8. The minimum atomic E-state index is -1.90. The molecule has 1 unspecified atom stereocenters. The number of hydrogen-bond donors (Lipinski definition) is 3. The number of ether oxygens (including phenoxy) is 17. The zero-order valence-electron chi connectivity index (χ0n) is 64.8. The Kier molecular flexibility index (Phi) is 45.4. The number of benzene rings is 1. The van der Waals surface area contributed by atoms with Crippen LogP contribution in [-0.2, 0) is 116 Å². The monoisotopic (exact) mass is 1570 g/mol. The molecule has 0 saturated carbocycles. The highest BCUT2D eigenvalue weighted by Gasteiger charge is 2.64. The number of likely N-dealkylation sites (N-methyl/N-ethyl adjacent to an activating group) is 1. The Labute approximate surface area is 645 Å². The van der Waals surface area contributed by atoms with Crippen LogP contribution in [0, 0.1) is 5.92 Å². The second kappa shape index (κ2) is 52.7. The van der Waals surface area contributed by atoms with E-state index in [0.717, 1.165) is 53.6 Å². The summed E-state index contributed by atoms with van der Waals surface area (Å²) in [6.07, 6.45) is 4.33. The molecule has 3 N–H and O–H groups in total. The number of likely N-dealkylation sites (tertiary alicyclic amines) is 1. The number of epoxide rings is 1. The number of unbranched alkanes of at least 4 members (excludes halogenated alkanes) is 2. The van der Waals surface area contributed by atoms with Crippen molar-refractivity contribution in [3.8, 4) is 5.75 Å². The van der Waals surface area contributed by atoms with Gasteiger partial charge in [-0.25, -0.2) is 9.59 Å². The molecule has 0 spiro atoms. The van der Waals surface area contributed by atoms with Gasteiger partial charge in [0.2, 0.25) is 29.5 Å². The van der Waals surface area contributed by atoms with Gasteiger partial charge in [-0.2, -0.15) is 0 Å². The lowest BCUT2D eigenvalue weighted by atomic mass is 9.83. The Morgan fingerprint density at radius 3 is 1.77 bits per heavy atom. The fourth-order valence-corrected chi connectivity index (χ4v) is 13.2. The number of ketones is 1. The first kappa shape index (κ1) is 93.1. The average molecular weight is 1580 g/mol. The van der Waals surface area contributed by atoms with E-state index in [1.165, 1.54) is 38.0 Å². The van der Waals surface area contributed by atoms with Gasteiger partial charge in [0.1, 0.15) is 46.5 Å². The molecule has 31 nitrogen and oxygen atoms in total.